The molecule has 1 aromatic rings. The van der Waals surface area contributed by atoms with Crippen LogP contribution in [0.2, 0.25) is 0 Å². The Morgan fingerprint density at radius 3 is 2.69 bits per heavy atom. The molecule has 0 unspecified atom stereocenters. The first-order chi connectivity index (χ1) is 7.86. The fourth-order valence-corrected chi connectivity index (χ4v) is 1.83. The van der Waals surface area contributed by atoms with Crippen molar-refractivity contribution < 1.29 is 4.79 Å². The second-order valence-corrected chi connectivity index (χ2v) is 4.01. The van der Waals surface area contributed by atoms with E-state index in [2.05, 4.69) is 11.7 Å². The Bertz CT molecular complexity index is 373. The van der Waals surface area contributed by atoms with Crippen molar-refractivity contribution in [3.05, 3.63) is 54.1 Å². The number of carbonyl (C=O) groups excluding carboxylic acids is 1. The van der Waals surface area contributed by atoms with Crippen LogP contribution < -0.4 is 5.32 Å². The molecule has 1 saturated carbocycles. The van der Waals surface area contributed by atoms with Crippen molar-refractivity contribution in [3.63, 3.8) is 0 Å². The van der Waals surface area contributed by atoms with Gasteiger partial charge in [-0.25, -0.2) is 0 Å². The second kappa shape index (κ2) is 5.50. The normalized spacial score (nSPS) is 18.4. The minimum atomic E-state index is -0.0351. The predicted octanol–water partition coefficient (Wildman–Crippen LogP) is 3.08. The van der Waals surface area contributed by atoms with E-state index in [0.717, 1.165) is 12.8 Å². The van der Waals surface area contributed by atoms with E-state index in [0.29, 0.717) is 5.56 Å². The van der Waals surface area contributed by atoms with Crippen LogP contribution in [0.5, 0.6) is 0 Å². The van der Waals surface area contributed by atoms with Gasteiger partial charge in [-0.05, 0) is 37.8 Å². The highest BCUT2D eigenvalue weighted by molar-refractivity contribution is 5.94. The third-order valence-corrected chi connectivity index (χ3v) is 2.75. The lowest BCUT2D eigenvalue weighted by Gasteiger charge is -2.13. The lowest BCUT2D eigenvalue weighted by Crippen LogP contribution is -2.18. The van der Waals surface area contributed by atoms with E-state index in [1.165, 1.54) is 18.4 Å². The van der Waals surface area contributed by atoms with Crippen molar-refractivity contribution in [2.45, 2.75) is 25.7 Å². The van der Waals surface area contributed by atoms with E-state index in [4.69, 9.17) is 0 Å². The molecule has 0 spiro atoms. The first-order valence-corrected chi connectivity index (χ1v) is 5.74. The van der Waals surface area contributed by atoms with Crippen molar-refractivity contribution in [3.8, 4) is 0 Å². The van der Waals surface area contributed by atoms with Crippen molar-refractivity contribution >= 4 is 5.91 Å². The highest BCUT2D eigenvalue weighted by Gasteiger charge is 2.06. The van der Waals surface area contributed by atoms with E-state index in [-0.39, 0.29) is 5.91 Å². The first-order valence-electron chi connectivity index (χ1n) is 5.74. The van der Waals surface area contributed by atoms with E-state index in [1.54, 1.807) is 0 Å². The predicted molar refractivity (Wildman–Crippen MR) is 64.8 cm³/mol. The molecule has 1 aliphatic carbocycles. The molecule has 1 amide bonds. The highest BCUT2D eigenvalue weighted by Crippen LogP contribution is 2.20. The smallest absolute Gasteiger partial charge is 0.255 e. The summed E-state index contributed by atoms with van der Waals surface area (Å²) >= 11 is 0. The average molecular weight is 214 g/mol. The Morgan fingerprint density at radius 1 is 1.19 bits per heavy atom. The lowest BCUT2D eigenvalue weighted by molar-refractivity contribution is 0.0969. The molecule has 1 N–H and O–H groups in total. The summed E-state index contributed by atoms with van der Waals surface area (Å²) in [6, 6.07) is 9.28. The van der Waals surface area contributed by atoms with Crippen LogP contribution in [-0.2, 0) is 0 Å². The number of benzene rings is 1. The summed E-state index contributed by atoms with van der Waals surface area (Å²) < 4.78 is 0. The van der Waals surface area contributed by atoms with E-state index in [1.807, 2.05) is 36.5 Å². The minimum Gasteiger partial charge on any atom is -0.329 e. The van der Waals surface area contributed by atoms with Gasteiger partial charge in [0.25, 0.3) is 5.91 Å². The molecule has 2 nitrogen and oxygen atoms in total. The van der Waals surface area contributed by atoms with Gasteiger partial charge in [0, 0.05) is 11.8 Å². The van der Waals surface area contributed by atoms with Crippen molar-refractivity contribution in [1.82, 2.24) is 5.32 Å². The maximum Gasteiger partial charge on any atom is 0.255 e. The van der Waals surface area contributed by atoms with Crippen LogP contribution in [0.4, 0.5) is 0 Å². The Kier molecular flexibility index (Phi) is 3.76. The Labute approximate surface area is 96.4 Å². The Morgan fingerprint density at radius 2 is 2.00 bits per heavy atom. The fraction of sp³-hybridized carbons (Fsp3) is 0.286. The average Bonchev–Trinajstić information content (AvgIpc) is 2.38. The zero-order chi connectivity index (χ0) is 11.2. The van der Waals surface area contributed by atoms with E-state index >= 15 is 0 Å². The van der Waals surface area contributed by atoms with Gasteiger partial charge in [-0.15, -0.1) is 0 Å². The molecule has 0 bridgehead atoms. The van der Waals surface area contributed by atoms with Crippen LogP contribution in [-0.4, -0.2) is 5.91 Å². The molecule has 0 saturated heterocycles. The van der Waals surface area contributed by atoms with Gasteiger partial charge in [0.05, 0.1) is 0 Å². The summed E-state index contributed by atoms with van der Waals surface area (Å²) in [7, 11) is 0. The molecular weight excluding hydrogens is 198 g/mol. The zero-order valence-electron chi connectivity index (χ0n) is 9.28. The van der Waals surface area contributed by atoms with Crippen molar-refractivity contribution in [2.75, 3.05) is 0 Å². The van der Waals surface area contributed by atoms with Crippen LogP contribution in [0.1, 0.15) is 36.0 Å². The molecule has 1 aliphatic rings. The van der Waals surface area contributed by atoms with Crippen LogP contribution >= 0.6 is 0 Å². The number of amides is 1. The van der Waals surface area contributed by atoms with E-state index < -0.39 is 0 Å². The van der Waals surface area contributed by atoms with Gasteiger partial charge in [-0.1, -0.05) is 30.2 Å². The van der Waals surface area contributed by atoms with Crippen molar-refractivity contribution in [2.24, 2.45) is 0 Å². The fourth-order valence-electron chi connectivity index (χ4n) is 1.83. The van der Waals surface area contributed by atoms with Gasteiger partial charge in [0.1, 0.15) is 0 Å². The summed E-state index contributed by atoms with van der Waals surface area (Å²) in [6.45, 7) is 0. The third kappa shape index (κ3) is 2.96. The molecule has 0 atom stereocenters. The molecule has 2 heteroatoms. The molecule has 1 fully saturated rings. The molecule has 1 radical (unpaired) electrons. The molecule has 0 aromatic heterocycles. The summed E-state index contributed by atoms with van der Waals surface area (Å²) in [5.74, 6) is -0.0351. The third-order valence-electron chi connectivity index (χ3n) is 2.75. The SMILES string of the molecule is O=C(N/C=C1\[CH]CCCC1)c1ccccc1. The monoisotopic (exact) mass is 214 g/mol. The molecule has 16 heavy (non-hydrogen) atoms. The number of hydrogen-bond acceptors (Lipinski definition) is 1. The van der Waals surface area contributed by atoms with Gasteiger partial charge >= 0.3 is 0 Å². The number of carbonyl (C=O) groups is 1. The highest BCUT2D eigenvalue weighted by atomic mass is 16.1. The largest absolute Gasteiger partial charge is 0.329 e. The number of nitrogens with one attached hydrogen (secondary N) is 1. The quantitative estimate of drug-likeness (QED) is 0.805. The number of allylic oxidation sites excluding steroid dienone is 1. The maximum absolute atomic E-state index is 11.7. The minimum absolute atomic E-state index is 0.0351. The van der Waals surface area contributed by atoms with Gasteiger partial charge in [-0.2, -0.15) is 0 Å². The summed E-state index contributed by atoms with van der Waals surface area (Å²) in [6.07, 6.45) is 8.75. The van der Waals surface area contributed by atoms with E-state index in [9.17, 15) is 4.79 Å². The summed E-state index contributed by atoms with van der Waals surface area (Å²) in [5.41, 5.74) is 1.95. The molecule has 83 valence electrons. The number of rotatable bonds is 2. The molecule has 2 rings (SSSR count). The Hall–Kier alpha value is -1.57. The second-order valence-electron chi connectivity index (χ2n) is 4.01. The molecular formula is C14H16NO. The van der Waals surface area contributed by atoms with Crippen LogP contribution in [0.3, 0.4) is 0 Å². The standard InChI is InChI=1S/C14H16NO/c16-14(13-9-5-2-6-10-13)15-11-12-7-3-1-4-8-12/h2,5-7,9-11H,1,3-4,8H2,(H,15,16)/b12-11+. The zero-order valence-corrected chi connectivity index (χ0v) is 9.28. The topological polar surface area (TPSA) is 29.1 Å². The molecule has 0 heterocycles. The summed E-state index contributed by atoms with van der Waals surface area (Å²) in [5, 5.41) is 2.84. The van der Waals surface area contributed by atoms with Gasteiger partial charge in [0.15, 0.2) is 0 Å². The van der Waals surface area contributed by atoms with Crippen LogP contribution in [0.15, 0.2) is 42.1 Å². The lowest BCUT2D eigenvalue weighted by atomic mass is 9.96. The molecule has 0 aliphatic heterocycles. The number of hydrogen-bond donors (Lipinski definition) is 1. The van der Waals surface area contributed by atoms with Gasteiger partial charge in [-0.3, -0.25) is 4.79 Å². The van der Waals surface area contributed by atoms with Crippen LogP contribution in [0, 0.1) is 6.42 Å². The molecule has 1 aromatic carbocycles. The maximum atomic E-state index is 11.7. The first kappa shape index (κ1) is 10.9. The van der Waals surface area contributed by atoms with Gasteiger partial charge in [0.2, 0.25) is 0 Å². The van der Waals surface area contributed by atoms with Gasteiger partial charge < -0.3 is 5.32 Å². The van der Waals surface area contributed by atoms with Crippen LogP contribution in [0.25, 0.3) is 0 Å². The van der Waals surface area contributed by atoms with Crippen molar-refractivity contribution in [1.29, 1.82) is 0 Å². The Balaban J connectivity index is 1.92. The summed E-state index contributed by atoms with van der Waals surface area (Å²) in [4.78, 5) is 11.7.